The highest BCUT2D eigenvalue weighted by molar-refractivity contribution is 5.86. The first kappa shape index (κ1) is 14.4. The number of hydrogen-bond donors (Lipinski definition) is 2. The molecule has 1 heterocycles. The van der Waals surface area contributed by atoms with Crippen molar-refractivity contribution in [1.82, 2.24) is 0 Å². The van der Waals surface area contributed by atoms with Gasteiger partial charge in [0.2, 0.25) is 0 Å². The lowest BCUT2D eigenvalue weighted by atomic mass is 9.89. The summed E-state index contributed by atoms with van der Waals surface area (Å²) in [6.07, 6.45) is 0.823. The lowest BCUT2D eigenvalue weighted by Gasteiger charge is -2.23. The molecule has 0 radical (unpaired) electrons. The van der Waals surface area contributed by atoms with E-state index in [0.29, 0.717) is 0 Å². The first-order valence-electron chi connectivity index (χ1n) is 8.33. The molecule has 0 saturated carbocycles. The maximum atomic E-state index is 11.3. The van der Waals surface area contributed by atoms with Crippen molar-refractivity contribution in [3.8, 4) is 0 Å². The van der Waals surface area contributed by atoms with Gasteiger partial charge in [0.15, 0.2) is 0 Å². The monoisotopic (exact) mass is 304 g/mol. The second-order valence-electron chi connectivity index (χ2n) is 6.65. The van der Waals surface area contributed by atoms with Crippen LogP contribution in [0, 0.1) is 0 Å². The van der Waals surface area contributed by atoms with Crippen molar-refractivity contribution in [3.63, 3.8) is 0 Å². The van der Waals surface area contributed by atoms with E-state index in [1.807, 2.05) is 0 Å². The molecule has 2 heteroatoms. The van der Waals surface area contributed by atoms with Crippen LogP contribution in [0.25, 0.3) is 10.8 Å². The van der Waals surface area contributed by atoms with Gasteiger partial charge in [-0.3, -0.25) is 0 Å². The van der Waals surface area contributed by atoms with Crippen molar-refractivity contribution in [3.05, 3.63) is 83.9 Å². The second kappa shape index (κ2) is 5.80. The topological polar surface area (TPSA) is 24.7 Å². The fourth-order valence-electron chi connectivity index (χ4n) is 3.87. The molecule has 2 N–H and O–H groups in total. The smallest absolute Gasteiger partial charge is 0.144 e. The van der Waals surface area contributed by atoms with Crippen LogP contribution in [-0.2, 0) is 12.1 Å². The van der Waals surface area contributed by atoms with Crippen LogP contribution in [0.15, 0.2) is 72.8 Å². The molecule has 0 spiro atoms. The summed E-state index contributed by atoms with van der Waals surface area (Å²) in [6, 6.07) is 25.2. The van der Waals surface area contributed by atoms with Crippen LogP contribution in [-0.4, -0.2) is 18.2 Å². The zero-order valence-electron chi connectivity index (χ0n) is 13.2. The van der Waals surface area contributed by atoms with Gasteiger partial charge in [-0.15, -0.1) is 0 Å². The van der Waals surface area contributed by atoms with Gasteiger partial charge < -0.3 is 10.0 Å². The molecular weight excluding hydrogens is 282 g/mol. The third kappa shape index (κ3) is 2.76. The Balaban J connectivity index is 1.61. The molecule has 1 aliphatic heterocycles. The van der Waals surface area contributed by atoms with Gasteiger partial charge in [-0.1, -0.05) is 72.8 Å². The Hall–Kier alpha value is -2.16. The minimum Gasteiger partial charge on any atom is -0.379 e. The van der Waals surface area contributed by atoms with Crippen LogP contribution in [0.5, 0.6) is 0 Å². The highest BCUT2D eigenvalue weighted by atomic mass is 16.3. The van der Waals surface area contributed by atoms with E-state index in [1.165, 1.54) is 21.2 Å². The molecule has 0 amide bonds. The van der Waals surface area contributed by atoms with Gasteiger partial charge in [0.1, 0.15) is 18.7 Å². The van der Waals surface area contributed by atoms with Crippen LogP contribution in [0.2, 0.25) is 0 Å². The van der Waals surface area contributed by atoms with Crippen LogP contribution in [0.3, 0.4) is 0 Å². The van der Waals surface area contributed by atoms with Crippen LogP contribution in [0.4, 0.5) is 0 Å². The molecule has 1 unspecified atom stereocenters. The molecule has 2 nitrogen and oxygen atoms in total. The summed E-state index contributed by atoms with van der Waals surface area (Å²) >= 11 is 0. The Labute approximate surface area is 137 Å². The molecule has 116 valence electrons. The van der Waals surface area contributed by atoms with E-state index in [2.05, 4.69) is 72.8 Å². The van der Waals surface area contributed by atoms with Gasteiger partial charge >= 0.3 is 0 Å². The number of benzene rings is 3. The average Bonchev–Trinajstić information content (AvgIpc) is 2.97. The largest absolute Gasteiger partial charge is 0.379 e. The average molecular weight is 304 g/mol. The van der Waals surface area contributed by atoms with E-state index in [-0.39, 0.29) is 0 Å². The predicted octanol–water partition coefficient (Wildman–Crippen LogP) is 2.52. The molecule has 0 aliphatic carbocycles. The summed E-state index contributed by atoms with van der Waals surface area (Å²) in [7, 11) is 0. The van der Waals surface area contributed by atoms with Gasteiger partial charge in [0, 0.05) is 12.0 Å². The molecule has 1 fully saturated rings. The predicted molar refractivity (Wildman–Crippen MR) is 93.3 cm³/mol. The quantitative estimate of drug-likeness (QED) is 0.763. The first-order chi connectivity index (χ1) is 11.2. The van der Waals surface area contributed by atoms with Crippen LogP contribution in [0.1, 0.15) is 17.5 Å². The van der Waals surface area contributed by atoms with Gasteiger partial charge in [-0.25, -0.2) is 0 Å². The van der Waals surface area contributed by atoms with E-state index in [9.17, 15) is 5.11 Å². The lowest BCUT2D eigenvalue weighted by molar-refractivity contribution is -0.904. The highest BCUT2D eigenvalue weighted by Gasteiger charge is 2.41. The number of nitrogens with one attached hydrogen (secondary N) is 1. The van der Waals surface area contributed by atoms with E-state index in [0.717, 1.165) is 31.6 Å². The summed E-state index contributed by atoms with van der Waals surface area (Å²) < 4.78 is 0. The zero-order valence-corrected chi connectivity index (χ0v) is 13.2. The highest BCUT2D eigenvalue weighted by Crippen LogP contribution is 2.32. The number of aliphatic hydroxyl groups is 1. The maximum Gasteiger partial charge on any atom is 0.144 e. The van der Waals surface area contributed by atoms with E-state index in [4.69, 9.17) is 0 Å². The Morgan fingerprint density at radius 1 is 0.870 bits per heavy atom. The summed E-state index contributed by atoms with van der Waals surface area (Å²) in [6.45, 7) is 2.76. The first-order valence-corrected chi connectivity index (χ1v) is 8.33. The standard InChI is InChI=1S/C21H21NO/c23-21(20-12-6-10-18-9-4-5-11-19(18)20)13-14-22(16-21)15-17-7-2-1-3-8-17/h1-12,23H,13-16H2/p+1/t21-/m0/s1. The Kier molecular flexibility index (Phi) is 3.64. The second-order valence-corrected chi connectivity index (χ2v) is 6.65. The fraction of sp³-hybridized carbons (Fsp3) is 0.238. The number of rotatable bonds is 3. The lowest BCUT2D eigenvalue weighted by Crippen LogP contribution is -3.09. The fourth-order valence-corrected chi connectivity index (χ4v) is 3.87. The molecule has 1 saturated heterocycles. The number of fused-ring (bicyclic) bond motifs is 1. The number of quaternary nitrogens is 1. The minimum absolute atomic E-state index is 0.717. The summed E-state index contributed by atoms with van der Waals surface area (Å²) in [5.74, 6) is 0. The van der Waals surface area contributed by atoms with Crippen molar-refractivity contribution >= 4 is 10.8 Å². The van der Waals surface area contributed by atoms with Gasteiger partial charge in [0.25, 0.3) is 0 Å². The molecule has 4 rings (SSSR count). The van der Waals surface area contributed by atoms with E-state index >= 15 is 0 Å². The summed E-state index contributed by atoms with van der Waals surface area (Å²) in [5.41, 5.74) is 1.70. The minimum atomic E-state index is -0.717. The van der Waals surface area contributed by atoms with Crippen molar-refractivity contribution in [2.24, 2.45) is 0 Å². The van der Waals surface area contributed by atoms with Gasteiger partial charge in [0.05, 0.1) is 6.54 Å². The molecule has 0 aromatic heterocycles. The molecule has 3 aromatic carbocycles. The molecule has 23 heavy (non-hydrogen) atoms. The van der Waals surface area contributed by atoms with Crippen LogP contribution < -0.4 is 4.90 Å². The molecule has 0 bridgehead atoms. The van der Waals surface area contributed by atoms with Crippen molar-refractivity contribution in [2.75, 3.05) is 13.1 Å². The molecular formula is C21H22NO+. The van der Waals surface area contributed by atoms with E-state index in [1.54, 1.807) is 0 Å². The van der Waals surface area contributed by atoms with Gasteiger partial charge in [-0.2, -0.15) is 0 Å². The van der Waals surface area contributed by atoms with E-state index < -0.39 is 5.60 Å². The SMILES string of the molecule is O[C@@]1(c2cccc3ccccc23)CC[NH+](Cc2ccccc2)C1. The molecule has 1 aliphatic rings. The third-order valence-electron chi connectivity index (χ3n) is 5.02. The van der Waals surface area contributed by atoms with Crippen molar-refractivity contribution < 1.29 is 10.0 Å². The maximum absolute atomic E-state index is 11.3. The number of hydrogen-bond acceptors (Lipinski definition) is 1. The van der Waals surface area contributed by atoms with Crippen molar-refractivity contribution in [2.45, 2.75) is 18.6 Å². The normalized spacial score (nSPS) is 24.1. The van der Waals surface area contributed by atoms with Crippen molar-refractivity contribution in [1.29, 1.82) is 0 Å². The Bertz CT molecular complexity index is 809. The summed E-state index contributed by atoms with van der Waals surface area (Å²) in [4.78, 5) is 1.45. The van der Waals surface area contributed by atoms with Crippen LogP contribution >= 0.6 is 0 Å². The Morgan fingerprint density at radius 3 is 2.48 bits per heavy atom. The summed E-state index contributed by atoms with van der Waals surface area (Å²) in [5, 5.41) is 13.7. The molecule has 3 aromatic rings. The number of likely N-dealkylation sites (tertiary alicyclic amines) is 1. The third-order valence-corrected chi connectivity index (χ3v) is 5.02. The Morgan fingerprint density at radius 2 is 1.61 bits per heavy atom. The van der Waals surface area contributed by atoms with Gasteiger partial charge in [-0.05, 0) is 16.3 Å². The molecule has 2 atom stereocenters. The zero-order chi connectivity index (χ0) is 15.7.